The molecule has 0 saturated carbocycles. The molecule has 2 heterocycles. The first-order valence-electron chi connectivity index (χ1n) is 13.9. The minimum Gasteiger partial charge on any atom is -0.497 e. The zero-order valence-corrected chi connectivity index (χ0v) is 24.6. The zero-order valence-electron chi connectivity index (χ0n) is 23.8. The molecule has 5 rings (SSSR count). The summed E-state index contributed by atoms with van der Waals surface area (Å²) in [6, 6.07) is 17.4. The van der Waals surface area contributed by atoms with Crippen LogP contribution >= 0.6 is 0 Å². The van der Waals surface area contributed by atoms with Crippen molar-refractivity contribution in [2.24, 2.45) is 11.5 Å². The van der Waals surface area contributed by atoms with Crippen LogP contribution in [0.1, 0.15) is 34.3 Å². The molecule has 6 N–H and O–H groups in total. The van der Waals surface area contributed by atoms with Crippen molar-refractivity contribution in [3.63, 3.8) is 0 Å². The molecule has 0 aromatic heterocycles. The highest BCUT2D eigenvalue weighted by Crippen LogP contribution is 2.31. The van der Waals surface area contributed by atoms with Crippen molar-refractivity contribution in [3.8, 4) is 11.5 Å². The predicted molar refractivity (Wildman–Crippen MR) is 163 cm³/mol. The summed E-state index contributed by atoms with van der Waals surface area (Å²) in [7, 11) is -2.86. The number of nitrogens with one attached hydrogen (secondary N) is 2. The summed E-state index contributed by atoms with van der Waals surface area (Å²) in [5.41, 5.74) is 13.4. The number of guanidine groups is 2. The number of rotatable bonds is 7. The minimum atomic E-state index is -4.37. The number of piperidine rings is 1. The van der Waals surface area contributed by atoms with Crippen LogP contribution in [0.25, 0.3) is 0 Å². The van der Waals surface area contributed by atoms with E-state index in [2.05, 4.69) is 0 Å². The lowest BCUT2D eigenvalue weighted by Gasteiger charge is -2.32. The van der Waals surface area contributed by atoms with Crippen molar-refractivity contribution < 1.29 is 22.7 Å². The Bertz CT molecular complexity index is 1620. The Morgan fingerprint density at radius 2 is 1.49 bits per heavy atom. The summed E-state index contributed by atoms with van der Waals surface area (Å²) < 4.78 is 40.4. The molecule has 1 saturated heterocycles. The topological polar surface area (TPSA) is 179 Å². The van der Waals surface area contributed by atoms with Gasteiger partial charge in [-0.3, -0.25) is 15.6 Å². The first-order valence-corrected chi connectivity index (χ1v) is 15.3. The Morgan fingerprint density at radius 3 is 2.09 bits per heavy atom. The van der Waals surface area contributed by atoms with Gasteiger partial charge in [-0.1, -0.05) is 6.07 Å². The number of ether oxygens (including phenoxy) is 2. The third kappa shape index (κ3) is 6.36. The Hall–Kier alpha value is -4.78. The SMILES string of the molecule is COc1ccc(C(=O)N(c2ccc3c(c2)CN(C(=N)N)CC3)S(=O)(=O)c2ccc(OC3CCN(C(=N)N)CC3)cc2)cc1. The third-order valence-electron chi connectivity index (χ3n) is 7.75. The lowest BCUT2D eigenvalue weighted by atomic mass is 9.99. The van der Waals surface area contributed by atoms with Gasteiger partial charge in [0.1, 0.15) is 17.6 Å². The van der Waals surface area contributed by atoms with Crippen molar-refractivity contribution in [1.82, 2.24) is 9.80 Å². The molecule has 0 atom stereocenters. The highest BCUT2D eigenvalue weighted by Gasteiger charge is 2.33. The molecule has 3 aromatic carbocycles. The fourth-order valence-electron chi connectivity index (χ4n) is 5.29. The van der Waals surface area contributed by atoms with Crippen LogP contribution in [0.15, 0.2) is 71.6 Å². The number of nitrogens with two attached hydrogens (primary N) is 2. The molecule has 0 spiro atoms. The second-order valence-electron chi connectivity index (χ2n) is 10.5. The number of likely N-dealkylation sites (tertiary alicyclic amines) is 1. The number of benzene rings is 3. The van der Waals surface area contributed by atoms with Crippen LogP contribution in [-0.2, 0) is 23.0 Å². The van der Waals surface area contributed by atoms with Gasteiger partial charge in [0.05, 0.1) is 17.7 Å². The molecule has 2 aliphatic rings. The Kier molecular flexibility index (Phi) is 8.44. The monoisotopic (exact) mass is 605 g/mol. The number of hydrogen-bond donors (Lipinski definition) is 4. The predicted octanol–water partition coefficient (Wildman–Crippen LogP) is 2.72. The number of amides is 1. The van der Waals surface area contributed by atoms with Crippen LogP contribution in [0.3, 0.4) is 0 Å². The lowest BCUT2D eigenvalue weighted by Crippen LogP contribution is -2.44. The van der Waals surface area contributed by atoms with E-state index in [4.69, 9.17) is 31.8 Å². The Balaban J connectivity index is 1.45. The van der Waals surface area contributed by atoms with Crippen molar-refractivity contribution in [2.45, 2.75) is 36.8 Å². The first kappa shape index (κ1) is 29.7. The first-order chi connectivity index (χ1) is 20.6. The normalized spacial score (nSPS) is 15.4. The van der Waals surface area contributed by atoms with Gasteiger partial charge in [0, 0.05) is 44.6 Å². The molecule has 43 heavy (non-hydrogen) atoms. The molecule has 13 heteroatoms. The van der Waals surface area contributed by atoms with E-state index < -0.39 is 15.9 Å². The van der Waals surface area contributed by atoms with Gasteiger partial charge >= 0.3 is 0 Å². The van der Waals surface area contributed by atoms with Gasteiger partial charge < -0.3 is 30.7 Å². The van der Waals surface area contributed by atoms with Crippen LogP contribution in [-0.4, -0.2) is 68.9 Å². The second kappa shape index (κ2) is 12.2. The van der Waals surface area contributed by atoms with Gasteiger partial charge in [-0.2, -0.15) is 4.31 Å². The van der Waals surface area contributed by atoms with Crippen LogP contribution < -0.4 is 25.2 Å². The highest BCUT2D eigenvalue weighted by atomic mass is 32.2. The average molecular weight is 606 g/mol. The van der Waals surface area contributed by atoms with Crippen molar-refractivity contribution >= 4 is 33.5 Å². The molecule has 0 aliphatic carbocycles. The maximum Gasteiger partial charge on any atom is 0.272 e. The van der Waals surface area contributed by atoms with E-state index in [1.54, 1.807) is 46.2 Å². The van der Waals surface area contributed by atoms with Crippen molar-refractivity contribution in [3.05, 3.63) is 83.4 Å². The number of anilines is 1. The minimum absolute atomic E-state index is 0.0388. The fraction of sp³-hybridized carbons (Fsp3) is 0.300. The average Bonchev–Trinajstić information content (AvgIpc) is 3.01. The quantitative estimate of drug-likeness (QED) is 0.233. The summed E-state index contributed by atoms with van der Waals surface area (Å²) in [5, 5.41) is 15.4. The lowest BCUT2D eigenvalue weighted by molar-refractivity contribution is 0.100. The van der Waals surface area contributed by atoms with Crippen molar-refractivity contribution in [1.29, 1.82) is 10.8 Å². The summed E-state index contributed by atoms with van der Waals surface area (Å²) >= 11 is 0. The number of fused-ring (bicyclic) bond motifs is 1. The molecule has 0 unspecified atom stereocenters. The number of nitrogens with zero attached hydrogens (tertiary/aromatic N) is 3. The summed E-state index contributed by atoms with van der Waals surface area (Å²) in [4.78, 5) is 17.3. The van der Waals surface area contributed by atoms with Crippen molar-refractivity contribution in [2.75, 3.05) is 31.0 Å². The molecule has 226 valence electrons. The summed E-state index contributed by atoms with van der Waals surface area (Å²) in [5.74, 6) is 0.288. The van der Waals surface area contributed by atoms with Gasteiger partial charge in [0.15, 0.2) is 11.9 Å². The Morgan fingerprint density at radius 1 is 0.860 bits per heavy atom. The van der Waals surface area contributed by atoms with Crippen LogP contribution in [0.5, 0.6) is 11.5 Å². The maximum atomic E-state index is 14.2. The van der Waals surface area contributed by atoms with E-state index in [1.807, 2.05) is 6.07 Å². The van der Waals surface area contributed by atoms with E-state index in [-0.39, 0.29) is 34.2 Å². The fourth-order valence-corrected chi connectivity index (χ4v) is 6.70. The molecule has 3 aromatic rings. The van der Waals surface area contributed by atoms with Gasteiger partial charge in [-0.25, -0.2) is 8.42 Å². The highest BCUT2D eigenvalue weighted by molar-refractivity contribution is 7.93. The summed E-state index contributed by atoms with van der Waals surface area (Å²) in [6.07, 6.45) is 1.92. The van der Waals surface area contributed by atoms with E-state index in [9.17, 15) is 13.2 Å². The van der Waals surface area contributed by atoms with Crippen LogP contribution in [0.4, 0.5) is 5.69 Å². The van der Waals surface area contributed by atoms with Gasteiger partial charge in [0.2, 0.25) is 0 Å². The molecule has 0 radical (unpaired) electrons. The van der Waals surface area contributed by atoms with Gasteiger partial charge in [-0.15, -0.1) is 0 Å². The molecule has 12 nitrogen and oxygen atoms in total. The molecular formula is C30H35N7O5S. The number of methoxy groups -OCH3 is 1. The van der Waals surface area contributed by atoms with Crippen LogP contribution in [0, 0.1) is 10.8 Å². The third-order valence-corrected chi connectivity index (χ3v) is 9.47. The largest absolute Gasteiger partial charge is 0.497 e. The van der Waals surface area contributed by atoms with E-state index in [1.165, 1.54) is 31.4 Å². The smallest absolute Gasteiger partial charge is 0.272 e. The number of hydrogen-bond acceptors (Lipinski definition) is 7. The second-order valence-corrected chi connectivity index (χ2v) is 12.3. The van der Waals surface area contributed by atoms with E-state index in [0.717, 1.165) is 15.4 Å². The summed E-state index contributed by atoms with van der Waals surface area (Å²) in [6.45, 7) is 2.14. The molecule has 1 fully saturated rings. The zero-order chi connectivity index (χ0) is 30.7. The number of sulfonamides is 1. The number of carbonyl (C=O) groups is 1. The Labute approximate surface area is 250 Å². The van der Waals surface area contributed by atoms with E-state index >= 15 is 0 Å². The molecule has 2 aliphatic heterocycles. The van der Waals surface area contributed by atoms with Gasteiger partial charge in [0.25, 0.3) is 15.9 Å². The standard InChI is InChI=1S/C30H35N7O5S/c1-41-24-6-3-21(4-7-24)28(38)37(23-5-2-20-12-15-36(30(33)34)19-22(20)18-23)43(39,40)27-10-8-25(9-11-27)42-26-13-16-35(17-14-26)29(31)32/h2-11,18,26H,12-17,19H2,1H3,(H3,31,32)(H3,33,34). The molecule has 0 bridgehead atoms. The van der Waals surface area contributed by atoms with Crippen LogP contribution in [0.2, 0.25) is 0 Å². The molecular weight excluding hydrogens is 570 g/mol. The maximum absolute atomic E-state index is 14.2. The number of carbonyl (C=O) groups excluding carboxylic acids is 1. The van der Waals surface area contributed by atoms with Gasteiger partial charge in [-0.05, 0) is 78.2 Å². The molecule has 1 amide bonds. The van der Waals surface area contributed by atoms with E-state index in [0.29, 0.717) is 56.9 Å².